The van der Waals surface area contributed by atoms with Crippen molar-refractivity contribution in [1.82, 2.24) is 9.88 Å². The molecule has 4 nitrogen and oxygen atoms in total. The highest BCUT2D eigenvalue weighted by Crippen LogP contribution is 2.20. The largest absolute Gasteiger partial charge is 0.399 e. The van der Waals surface area contributed by atoms with Crippen LogP contribution < -0.4 is 5.73 Å². The second kappa shape index (κ2) is 5.34. The molecule has 1 heterocycles. The molecule has 0 spiro atoms. The highest BCUT2D eigenvalue weighted by molar-refractivity contribution is 5.98. The van der Waals surface area contributed by atoms with Crippen molar-refractivity contribution in [2.75, 3.05) is 12.3 Å². The third kappa shape index (κ3) is 2.57. The number of nitrogens with two attached hydrogens (primary N) is 1. The number of nitrogen functional groups attached to an aromatic ring is 1. The lowest BCUT2D eigenvalue weighted by molar-refractivity contribution is 0.0695. The van der Waals surface area contributed by atoms with Gasteiger partial charge in [-0.2, -0.15) is 0 Å². The lowest BCUT2D eigenvalue weighted by atomic mass is 10.2. The number of carbonyl (C=O) groups excluding carboxylic acids is 1. The minimum absolute atomic E-state index is 0.0478. The fraction of sp³-hybridized carbons (Fsp3) is 0.400. The lowest BCUT2D eigenvalue weighted by Crippen LogP contribution is -2.38. The fourth-order valence-corrected chi connectivity index (χ4v) is 2.30. The Hall–Kier alpha value is -1.97. The van der Waals surface area contributed by atoms with Gasteiger partial charge in [0.2, 0.25) is 0 Å². The summed E-state index contributed by atoms with van der Waals surface area (Å²) >= 11 is 0. The second-order valence-corrected chi connectivity index (χ2v) is 4.88. The molecule has 3 N–H and O–H groups in total. The number of hydrogen-bond acceptors (Lipinski definition) is 2. The molecule has 4 heteroatoms. The number of aromatic amines is 1. The smallest absolute Gasteiger partial charge is 0.270 e. The average molecular weight is 259 g/mol. The summed E-state index contributed by atoms with van der Waals surface area (Å²) in [7, 11) is 0. The van der Waals surface area contributed by atoms with E-state index in [1.807, 2.05) is 36.1 Å². The van der Waals surface area contributed by atoms with E-state index in [4.69, 9.17) is 5.73 Å². The minimum atomic E-state index is 0.0478. The summed E-state index contributed by atoms with van der Waals surface area (Å²) in [5.41, 5.74) is 8.03. The predicted molar refractivity (Wildman–Crippen MR) is 79.2 cm³/mol. The van der Waals surface area contributed by atoms with Crippen LogP contribution in [0.3, 0.4) is 0 Å². The van der Waals surface area contributed by atoms with E-state index in [2.05, 4.69) is 18.8 Å². The summed E-state index contributed by atoms with van der Waals surface area (Å²) in [6, 6.07) is 7.73. The van der Waals surface area contributed by atoms with E-state index in [0.29, 0.717) is 17.9 Å². The van der Waals surface area contributed by atoms with E-state index >= 15 is 0 Å². The maximum atomic E-state index is 12.5. The van der Waals surface area contributed by atoms with Crippen molar-refractivity contribution in [1.29, 1.82) is 0 Å². The van der Waals surface area contributed by atoms with Gasteiger partial charge in [0.25, 0.3) is 5.91 Å². The summed E-state index contributed by atoms with van der Waals surface area (Å²) in [5.74, 6) is 0.0478. The monoisotopic (exact) mass is 259 g/mol. The molecule has 0 saturated carbocycles. The topological polar surface area (TPSA) is 62.1 Å². The minimum Gasteiger partial charge on any atom is -0.399 e. The zero-order valence-corrected chi connectivity index (χ0v) is 11.7. The molecule has 0 bridgehead atoms. The standard InChI is InChI=1S/C15H21N3O/c1-4-10(3)18(5-2)15(19)14-9-11-8-12(16)6-7-13(11)17-14/h6-10,17H,4-5,16H2,1-3H3. The van der Waals surface area contributed by atoms with Crippen LogP contribution in [-0.2, 0) is 0 Å². The molecular weight excluding hydrogens is 238 g/mol. The van der Waals surface area contributed by atoms with E-state index in [9.17, 15) is 4.79 Å². The number of carbonyl (C=O) groups is 1. The molecule has 0 radical (unpaired) electrons. The second-order valence-electron chi connectivity index (χ2n) is 4.88. The van der Waals surface area contributed by atoms with Gasteiger partial charge in [0, 0.05) is 29.2 Å². The van der Waals surface area contributed by atoms with Gasteiger partial charge in [0.05, 0.1) is 0 Å². The third-order valence-corrected chi connectivity index (χ3v) is 3.60. The van der Waals surface area contributed by atoms with Crippen molar-refractivity contribution >= 4 is 22.5 Å². The van der Waals surface area contributed by atoms with Crippen molar-refractivity contribution in [3.63, 3.8) is 0 Å². The number of H-pyrrole nitrogens is 1. The van der Waals surface area contributed by atoms with Crippen LogP contribution in [0.25, 0.3) is 10.9 Å². The van der Waals surface area contributed by atoms with Gasteiger partial charge >= 0.3 is 0 Å². The van der Waals surface area contributed by atoms with Crippen molar-refractivity contribution in [2.24, 2.45) is 0 Å². The lowest BCUT2D eigenvalue weighted by Gasteiger charge is -2.26. The van der Waals surface area contributed by atoms with Gasteiger partial charge in [-0.05, 0) is 44.5 Å². The first-order valence-electron chi connectivity index (χ1n) is 6.76. The van der Waals surface area contributed by atoms with Crippen LogP contribution in [0.2, 0.25) is 0 Å². The summed E-state index contributed by atoms with van der Waals surface area (Å²) < 4.78 is 0. The molecule has 0 aliphatic carbocycles. The Morgan fingerprint density at radius 3 is 2.74 bits per heavy atom. The molecular formula is C15H21N3O. The summed E-state index contributed by atoms with van der Waals surface area (Å²) in [6.45, 7) is 6.88. The molecule has 1 unspecified atom stereocenters. The maximum Gasteiger partial charge on any atom is 0.270 e. The number of aromatic nitrogens is 1. The number of amides is 1. The van der Waals surface area contributed by atoms with E-state index in [0.717, 1.165) is 17.3 Å². The molecule has 1 aromatic carbocycles. The molecule has 1 aromatic heterocycles. The Kier molecular flexibility index (Phi) is 3.79. The molecule has 1 amide bonds. The molecule has 102 valence electrons. The van der Waals surface area contributed by atoms with Crippen LogP contribution in [0.1, 0.15) is 37.7 Å². The van der Waals surface area contributed by atoms with E-state index in [1.165, 1.54) is 0 Å². The van der Waals surface area contributed by atoms with Crippen molar-refractivity contribution in [3.8, 4) is 0 Å². The number of rotatable bonds is 4. The summed E-state index contributed by atoms with van der Waals surface area (Å²) in [4.78, 5) is 17.5. The number of hydrogen-bond donors (Lipinski definition) is 2. The van der Waals surface area contributed by atoms with Crippen LogP contribution in [0.15, 0.2) is 24.3 Å². The number of nitrogens with zero attached hydrogens (tertiary/aromatic N) is 1. The van der Waals surface area contributed by atoms with E-state index in [-0.39, 0.29) is 11.9 Å². The van der Waals surface area contributed by atoms with Crippen LogP contribution >= 0.6 is 0 Å². The van der Waals surface area contributed by atoms with Gasteiger partial charge in [-0.25, -0.2) is 0 Å². The zero-order valence-electron chi connectivity index (χ0n) is 11.7. The van der Waals surface area contributed by atoms with Gasteiger partial charge in [-0.3, -0.25) is 4.79 Å². The van der Waals surface area contributed by atoms with Gasteiger partial charge in [0.15, 0.2) is 0 Å². The van der Waals surface area contributed by atoms with Crippen LogP contribution in [0.4, 0.5) is 5.69 Å². The average Bonchev–Trinajstić information content (AvgIpc) is 2.81. The van der Waals surface area contributed by atoms with E-state index < -0.39 is 0 Å². The van der Waals surface area contributed by atoms with Crippen molar-refractivity contribution in [2.45, 2.75) is 33.2 Å². The molecule has 1 atom stereocenters. The predicted octanol–water partition coefficient (Wildman–Crippen LogP) is 3.01. The molecule has 0 aliphatic rings. The van der Waals surface area contributed by atoms with Crippen molar-refractivity contribution in [3.05, 3.63) is 30.0 Å². The molecule has 0 saturated heterocycles. The fourth-order valence-electron chi connectivity index (χ4n) is 2.30. The highest BCUT2D eigenvalue weighted by Gasteiger charge is 2.20. The van der Waals surface area contributed by atoms with Crippen molar-refractivity contribution < 1.29 is 4.79 Å². The summed E-state index contributed by atoms with van der Waals surface area (Å²) in [5, 5.41) is 0.976. The summed E-state index contributed by atoms with van der Waals surface area (Å²) in [6.07, 6.45) is 0.951. The Labute approximate surface area is 113 Å². The van der Waals surface area contributed by atoms with Crippen LogP contribution in [0.5, 0.6) is 0 Å². The molecule has 0 aliphatic heterocycles. The Bertz CT molecular complexity index is 588. The van der Waals surface area contributed by atoms with E-state index in [1.54, 1.807) is 0 Å². The van der Waals surface area contributed by atoms with Gasteiger partial charge < -0.3 is 15.6 Å². The Balaban J connectivity index is 2.35. The van der Waals surface area contributed by atoms with Gasteiger partial charge in [0.1, 0.15) is 5.69 Å². The third-order valence-electron chi connectivity index (χ3n) is 3.60. The first-order valence-corrected chi connectivity index (χ1v) is 6.76. The molecule has 2 aromatic rings. The molecule has 19 heavy (non-hydrogen) atoms. The number of nitrogens with one attached hydrogen (secondary N) is 1. The highest BCUT2D eigenvalue weighted by atomic mass is 16.2. The number of anilines is 1. The SMILES string of the molecule is CCC(C)N(CC)C(=O)c1cc2cc(N)ccc2[nH]1. The quantitative estimate of drug-likeness (QED) is 0.829. The van der Waals surface area contributed by atoms with Crippen LogP contribution in [0, 0.1) is 0 Å². The number of benzene rings is 1. The van der Waals surface area contributed by atoms with Gasteiger partial charge in [-0.1, -0.05) is 6.92 Å². The van der Waals surface area contributed by atoms with Gasteiger partial charge in [-0.15, -0.1) is 0 Å². The zero-order chi connectivity index (χ0) is 14.0. The van der Waals surface area contributed by atoms with Crippen LogP contribution in [-0.4, -0.2) is 28.4 Å². The number of fused-ring (bicyclic) bond motifs is 1. The first kappa shape index (κ1) is 13.5. The molecule has 0 fully saturated rings. The normalized spacial score (nSPS) is 12.6. The molecule has 2 rings (SSSR count). The maximum absolute atomic E-state index is 12.5. The Morgan fingerprint density at radius 1 is 1.37 bits per heavy atom. The Morgan fingerprint density at radius 2 is 2.11 bits per heavy atom. The first-order chi connectivity index (χ1) is 9.06.